The van der Waals surface area contributed by atoms with E-state index >= 15 is 0 Å². The topological polar surface area (TPSA) is 50.4 Å². The fourth-order valence-corrected chi connectivity index (χ4v) is 5.97. The zero-order chi connectivity index (χ0) is 18.1. The van der Waals surface area contributed by atoms with Crippen molar-refractivity contribution < 1.29 is 9.53 Å². The van der Waals surface area contributed by atoms with Gasteiger partial charge in [0.15, 0.2) is 5.11 Å². The van der Waals surface area contributed by atoms with Crippen LogP contribution in [0.25, 0.3) is 0 Å². The normalized spacial score (nSPS) is 31.5. The molecule has 4 fully saturated rings. The highest BCUT2D eigenvalue weighted by molar-refractivity contribution is 7.80. The van der Waals surface area contributed by atoms with E-state index in [4.69, 9.17) is 17.0 Å². The third kappa shape index (κ3) is 3.73. The smallest absolute Gasteiger partial charge is 0.257 e. The fraction of sp³-hybridized carbons (Fsp3) is 0.619. The summed E-state index contributed by atoms with van der Waals surface area (Å²) in [6.07, 6.45) is 8.73. The molecule has 1 amide bonds. The highest BCUT2D eigenvalue weighted by Crippen LogP contribution is 2.55. The van der Waals surface area contributed by atoms with Gasteiger partial charge in [-0.1, -0.05) is 13.0 Å². The summed E-state index contributed by atoms with van der Waals surface area (Å²) in [4.78, 5) is 12.6. The molecule has 0 heterocycles. The number of hydrogen-bond donors (Lipinski definition) is 2. The van der Waals surface area contributed by atoms with Crippen LogP contribution in [-0.4, -0.2) is 23.2 Å². The average Bonchev–Trinajstić information content (AvgIpc) is 2.58. The number of nitrogens with one attached hydrogen (secondary N) is 2. The van der Waals surface area contributed by atoms with Crippen molar-refractivity contribution in [2.24, 2.45) is 17.8 Å². The first-order chi connectivity index (χ1) is 12.5. The van der Waals surface area contributed by atoms with E-state index in [0.717, 1.165) is 29.9 Å². The molecule has 0 unspecified atom stereocenters. The SMILES string of the molecule is CCCOc1cccc(C(=O)NC(=S)NC23CC4CC(CC(C4)C2)C3)c1. The Morgan fingerprint density at radius 1 is 1.19 bits per heavy atom. The molecule has 0 spiro atoms. The number of hydrogen-bond acceptors (Lipinski definition) is 3. The van der Waals surface area contributed by atoms with E-state index in [2.05, 4.69) is 17.6 Å². The maximum Gasteiger partial charge on any atom is 0.257 e. The van der Waals surface area contributed by atoms with Gasteiger partial charge in [-0.2, -0.15) is 0 Å². The second kappa shape index (κ2) is 7.18. The second-order valence-corrected chi connectivity index (χ2v) is 8.89. The van der Waals surface area contributed by atoms with Gasteiger partial charge in [0.1, 0.15) is 5.75 Å². The van der Waals surface area contributed by atoms with E-state index in [1.165, 1.54) is 38.5 Å². The zero-order valence-corrected chi connectivity index (χ0v) is 16.2. The van der Waals surface area contributed by atoms with Crippen LogP contribution >= 0.6 is 12.2 Å². The van der Waals surface area contributed by atoms with Gasteiger partial charge in [0, 0.05) is 11.1 Å². The maximum atomic E-state index is 12.6. The van der Waals surface area contributed by atoms with E-state index in [1.807, 2.05) is 12.1 Å². The summed E-state index contributed by atoms with van der Waals surface area (Å²) < 4.78 is 5.61. The monoisotopic (exact) mass is 372 g/mol. The van der Waals surface area contributed by atoms with Crippen LogP contribution in [-0.2, 0) is 0 Å². The van der Waals surface area contributed by atoms with E-state index in [1.54, 1.807) is 12.1 Å². The van der Waals surface area contributed by atoms with Gasteiger partial charge in [-0.15, -0.1) is 0 Å². The van der Waals surface area contributed by atoms with Gasteiger partial charge in [0.05, 0.1) is 6.61 Å². The molecule has 0 aliphatic heterocycles. The molecular formula is C21H28N2O2S. The average molecular weight is 373 g/mol. The number of thiocarbonyl (C=S) groups is 1. The lowest BCUT2D eigenvalue weighted by molar-refractivity contribution is -0.0101. The summed E-state index contributed by atoms with van der Waals surface area (Å²) >= 11 is 5.49. The number of ether oxygens (including phenoxy) is 1. The lowest BCUT2D eigenvalue weighted by Gasteiger charge is -2.57. The van der Waals surface area contributed by atoms with Gasteiger partial charge in [-0.3, -0.25) is 10.1 Å². The minimum atomic E-state index is -0.172. The Morgan fingerprint density at radius 2 is 1.85 bits per heavy atom. The Labute approximate surface area is 161 Å². The molecule has 0 saturated heterocycles. The highest BCUT2D eigenvalue weighted by Gasteiger charge is 2.51. The Morgan fingerprint density at radius 3 is 2.46 bits per heavy atom. The summed E-state index contributed by atoms with van der Waals surface area (Å²) in [5, 5.41) is 6.89. The summed E-state index contributed by atoms with van der Waals surface area (Å²) in [5.74, 6) is 3.09. The van der Waals surface area contributed by atoms with E-state index in [-0.39, 0.29) is 11.4 Å². The number of rotatable bonds is 5. The molecule has 0 atom stereocenters. The van der Waals surface area contributed by atoms with E-state index < -0.39 is 0 Å². The molecule has 5 rings (SSSR count). The van der Waals surface area contributed by atoms with E-state index in [9.17, 15) is 4.79 Å². The van der Waals surface area contributed by atoms with Gasteiger partial charge >= 0.3 is 0 Å². The second-order valence-electron chi connectivity index (χ2n) is 8.48. The molecule has 1 aromatic rings. The molecule has 1 aromatic carbocycles. The van der Waals surface area contributed by atoms with Gasteiger partial charge in [0.2, 0.25) is 0 Å². The zero-order valence-electron chi connectivity index (χ0n) is 15.4. The first-order valence-corrected chi connectivity index (χ1v) is 10.3. The summed E-state index contributed by atoms with van der Waals surface area (Å²) in [6, 6.07) is 7.29. The highest BCUT2D eigenvalue weighted by atomic mass is 32.1. The van der Waals surface area contributed by atoms with Crippen LogP contribution in [0.5, 0.6) is 5.75 Å². The fourth-order valence-electron chi connectivity index (χ4n) is 5.66. The van der Waals surface area contributed by atoms with Crippen LogP contribution in [0.2, 0.25) is 0 Å². The van der Waals surface area contributed by atoms with Crippen LogP contribution in [0.1, 0.15) is 62.2 Å². The summed E-state index contributed by atoms with van der Waals surface area (Å²) in [5.41, 5.74) is 0.693. The van der Waals surface area contributed by atoms with E-state index in [0.29, 0.717) is 17.3 Å². The number of carbonyl (C=O) groups excluding carboxylic acids is 1. The molecule has 26 heavy (non-hydrogen) atoms. The number of carbonyl (C=O) groups is 1. The van der Waals surface area contributed by atoms with Crippen molar-refractivity contribution in [1.29, 1.82) is 0 Å². The Bertz CT molecular complexity index is 668. The van der Waals surface area contributed by atoms with Crippen LogP contribution < -0.4 is 15.4 Å². The van der Waals surface area contributed by atoms with Crippen molar-refractivity contribution in [3.05, 3.63) is 29.8 Å². The Balaban J connectivity index is 1.37. The van der Waals surface area contributed by atoms with Crippen LogP contribution in [0.15, 0.2) is 24.3 Å². The van der Waals surface area contributed by atoms with Crippen molar-refractivity contribution in [1.82, 2.24) is 10.6 Å². The first-order valence-electron chi connectivity index (χ1n) is 9.91. The van der Waals surface area contributed by atoms with Gasteiger partial charge in [-0.05, 0) is 93.1 Å². The lowest BCUT2D eigenvalue weighted by Crippen LogP contribution is -2.61. The molecule has 5 heteroatoms. The molecule has 0 aromatic heterocycles. The van der Waals surface area contributed by atoms with Gasteiger partial charge in [-0.25, -0.2) is 0 Å². The Kier molecular flexibility index (Phi) is 4.91. The minimum Gasteiger partial charge on any atom is -0.494 e. The minimum absolute atomic E-state index is 0.116. The van der Waals surface area contributed by atoms with Crippen molar-refractivity contribution in [2.75, 3.05) is 6.61 Å². The molecule has 4 saturated carbocycles. The van der Waals surface area contributed by atoms with Crippen LogP contribution in [0.4, 0.5) is 0 Å². The maximum absolute atomic E-state index is 12.6. The first kappa shape index (κ1) is 17.8. The quantitative estimate of drug-likeness (QED) is 0.766. The molecule has 4 aliphatic rings. The largest absolute Gasteiger partial charge is 0.494 e. The van der Waals surface area contributed by atoms with Crippen molar-refractivity contribution in [2.45, 2.75) is 57.4 Å². The molecule has 2 N–H and O–H groups in total. The number of benzene rings is 1. The molecule has 4 bridgehead atoms. The standard InChI is InChI=1S/C21H28N2O2S/c1-2-6-25-18-5-3-4-17(10-18)19(24)22-20(26)23-21-11-14-7-15(12-21)9-16(8-14)13-21/h3-5,10,14-16H,2,6-9,11-13H2,1H3,(H2,22,23,24,26). The molecular weight excluding hydrogens is 344 g/mol. The van der Waals surface area contributed by atoms with Crippen LogP contribution in [0.3, 0.4) is 0 Å². The predicted molar refractivity (Wildman–Crippen MR) is 106 cm³/mol. The van der Waals surface area contributed by atoms with Gasteiger partial charge < -0.3 is 10.1 Å². The Hall–Kier alpha value is -1.62. The van der Waals surface area contributed by atoms with Crippen LogP contribution in [0, 0.1) is 17.8 Å². The molecule has 140 valence electrons. The molecule has 4 nitrogen and oxygen atoms in total. The van der Waals surface area contributed by atoms with Crippen molar-refractivity contribution in [3.63, 3.8) is 0 Å². The number of amides is 1. The lowest BCUT2D eigenvalue weighted by atomic mass is 9.53. The summed E-state index contributed by atoms with van der Waals surface area (Å²) in [7, 11) is 0. The third-order valence-electron chi connectivity index (χ3n) is 6.21. The van der Waals surface area contributed by atoms with Gasteiger partial charge in [0.25, 0.3) is 5.91 Å². The van der Waals surface area contributed by atoms with Crippen molar-refractivity contribution >= 4 is 23.2 Å². The molecule has 4 aliphatic carbocycles. The third-order valence-corrected chi connectivity index (χ3v) is 6.42. The summed E-state index contributed by atoms with van der Waals surface area (Å²) in [6.45, 7) is 2.71. The predicted octanol–water partition coefficient (Wildman–Crippen LogP) is 4.05. The van der Waals surface area contributed by atoms with Crippen molar-refractivity contribution in [3.8, 4) is 5.75 Å². The molecule has 0 radical (unpaired) electrons.